The van der Waals surface area contributed by atoms with Crippen LogP contribution in [0.15, 0.2) is 51.5 Å². The van der Waals surface area contributed by atoms with E-state index in [0.717, 1.165) is 28.4 Å². The fourth-order valence-corrected chi connectivity index (χ4v) is 5.37. The molecule has 0 aliphatic carbocycles. The molecule has 6 N–H and O–H groups in total. The first-order chi connectivity index (χ1) is 13.1. The number of thioether (sulfide) groups is 1. The third-order valence-corrected chi connectivity index (χ3v) is 7.44. The number of aromatic nitrogens is 2. The molecule has 0 saturated heterocycles. The predicted molar refractivity (Wildman–Crippen MR) is 106 cm³/mol. The van der Waals surface area contributed by atoms with E-state index < -0.39 is 26.9 Å². The highest BCUT2D eigenvalue weighted by Crippen LogP contribution is 2.58. The van der Waals surface area contributed by atoms with Crippen molar-refractivity contribution in [1.29, 1.82) is 0 Å². The van der Waals surface area contributed by atoms with Gasteiger partial charge in [0.1, 0.15) is 17.5 Å². The highest BCUT2D eigenvalue weighted by Gasteiger charge is 2.39. The molecule has 2 aliphatic heterocycles. The van der Waals surface area contributed by atoms with Crippen LogP contribution in [0.5, 0.6) is 0 Å². The van der Waals surface area contributed by atoms with Crippen LogP contribution in [0.2, 0.25) is 0 Å². The third kappa shape index (κ3) is 3.81. The molecule has 0 fully saturated rings. The van der Waals surface area contributed by atoms with E-state index in [1.807, 2.05) is 18.2 Å². The lowest BCUT2D eigenvalue weighted by Gasteiger charge is -2.31. The maximum atomic E-state index is 11.8. The molecule has 0 spiro atoms. The Balaban J connectivity index is 1.72. The van der Waals surface area contributed by atoms with Crippen molar-refractivity contribution in [3.05, 3.63) is 46.5 Å². The van der Waals surface area contributed by atoms with Crippen molar-refractivity contribution in [2.24, 2.45) is 4.99 Å². The van der Waals surface area contributed by atoms with Gasteiger partial charge in [0.25, 0.3) is 0 Å². The van der Waals surface area contributed by atoms with Crippen LogP contribution < -0.4 is 10.2 Å². The van der Waals surface area contributed by atoms with Crippen molar-refractivity contribution in [1.82, 2.24) is 15.5 Å². The van der Waals surface area contributed by atoms with Crippen LogP contribution in [-0.2, 0) is 9.13 Å². The van der Waals surface area contributed by atoms with Gasteiger partial charge in [-0.25, -0.2) is 4.99 Å². The Morgan fingerprint density at radius 1 is 1.25 bits per heavy atom. The molecule has 148 valence electrons. The second-order valence-corrected chi connectivity index (χ2v) is 10.7. The number of anilines is 1. The number of benzene rings is 1. The highest BCUT2D eigenvalue weighted by atomic mass is 32.2. The minimum atomic E-state index is -4.50. The molecule has 1 aromatic carbocycles. The summed E-state index contributed by atoms with van der Waals surface area (Å²) < 4.78 is 22.8. The summed E-state index contributed by atoms with van der Waals surface area (Å²) in [6.45, 7) is 0. The number of nitrogens with one attached hydrogen (secondary N) is 2. The van der Waals surface area contributed by atoms with Crippen LogP contribution in [0.1, 0.15) is 0 Å². The molecule has 28 heavy (non-hydrogen) atoms. The molecule has 3 heterocycles. The van der Waals surface area contributed by atoms with Crippen molar-refractivity contribution >= 4 is 49.9 Å². The molecule has 0 radical (unpaired) electrons. The molecular weight excluding hydrogens is 428 g/mol. The maximum Gasteiger partial charge on any atom is 0.362 e. The number of nitrogens with zero attached hydrogens (tertiary/aromatic N) is 3. The van der Waals surface area contributed by atoms with E-state index in [-0.39, 0.29) is 10.5 Å². The second-order valence-electron chi connectivity index (χ2n) is 6.09. The van der Waals surface area contributed by atoms with Gasteiger partial charge >= 0.3 is 15.2 Å². The SMILES string of the molecule is O=P(O)(O)CNC1=C2C=C(P(=O)(O)O)SC2N(c2ccc3[nH]ncc3c2)C=N1. The molecule has 1 atom stereocenters. The highest BCUT2D eigenvalue weighted by molar-refractivity contribution is 8.10. The van der Waals surface area contributed by atoms with Gasteiger partial charge in [0.15, 0.2) is 0 Å². The van der Waals surface area contributed by atoms with Crippen LogP contribution in [0.4, 0.5) is 5.69 Å². The van der Waals surface area contributed by atoms with Crippen LogP contribution in [0.25, 0.3) is 10.9 Å². The number of aliphatic imine (C=N–C) groups is 1. The van der Waals surface area contributed by atoms with E-state index in [1.165, 1.54) is 12.4 Å². The number of hydrogen-bond acceptors (Lipinski definition) is 7. The number of hydrogen-bond donors (Lipinski definition) is 6. The van der Waals surface area contributed by atoms with Gasteiger partial charge in [-0.2, -0.15) is 5.10 Å². The van der Waals surface area contributed by atoms with E-state index in [4.69, 9.17) is 9.79 Å². The van der Waals surface area contributed by atoms with Gasteiger partial charge in [0.2, 0.25) is 0 Å². The third-order valence-electron chi connectivity index (χ3n) is 4.08. The Kier molecular flexibility index (Phi) is 4.75. The van der Waals surface area contributed by atoms with Gasteiger partial charge in [-0.3, -0.25) is 14.2 Å². The van der Waals surface area contributed by atoms with Crippen LogP contribution in [0, 0.1) is 0 Å². The van der Waals surface area contributed by atoms with E-state index >= 15 is 0 Å². The lowest BCUT2D eigenvalue weighted by Crippen LogP contribution is -2.36. The molecule has 2 aliphatic rings. The Hall–Kier alpha value is -1.91. The summed E-state index contributed by atoms with van der Waals surface area (Å²) >= 11 is 0.966. The number of fused-ring (bicyclic) bond motifs is 2. The summed E-state index contributed by atoms with van der Waals surface area (Å²) in [7, 11) is -8.84. The first kappa shape index (κ1) is 19.4. The Bertz CT molecular complexity index is 1130. The Labute approximate surface area is 162 Å². The van der Waals surface area contributed by atoms with Crippen molar-refractivity contribution in [2.75, 3.05) is 11.2 Å². The summed E-state index contributed by atoms with van der Waals surface area (Å²) in [6, 6.07) is 5.49. The van der Waals surface area contributed by atoms with E-state index in [9.17, 15) is 18.9 Å². The normalized spacial score (nSPS) is 19.9. The Morgan fingerprint density at radius 2 is 2.04 bits per heavy atom. The second kappa shape index (κ2) is 6.85. The summed E-state index contributed by atoms with van der Waals surface area (Å²) in [6.07, 6.45) is 3.80. The van der Waals surface area contributed by atoms with Gasteiger partial charge in [-0.15, -0.1) is 0 Å². The summed E-state index contributed by atoms with van der Waals surface area (Å²) in [4.78, 5) is 43.2. The van der Waals surface area contributed by atoms with Gasteiger partial charge in [-0.05, 0) is 24.3 Å². The number of rotatable bonds is 5. The standard InChI is InChI=1S/C14H15N5O6P2S/c20-26(21,22)7-16-13-10-4-12(27(23,24)25)28-14(10)19(6-15-13)9-1-2-11-8(3-9)5-17-18-11/h1-6,14,16H,7H2,(H,17,18)(H2,20,21,22)(H2,23,24,25). The number of H-pyrrole nitrogens is 1. The van der Waals surface area contributed by atoms with Gasteiger partial charge < -0.3 is 29.8 Å². The van der Waals surface area contributed by atoms with Crippen LogP contribution >= 0.6 is 27.0 Å². The minimum absolute atomic E-state index is 0.136. The molecule has 4 rings (SSSR count). The fraction of sp³-hybridized carbons (Fsp3) is 0.143. The molecule has 1 unspecified atom stereocenters. The predicted octanol–water partition coefficient (Wildman–Crippen LogP) is 1.44. The van der Waals surface area contributed by atoms with Crippen molar-refractivity contribution in [3.8, 4) is 0 Å². The average Bonchev–Trinajstić information content (AvgIpc) is 3.24. The minimum Gasteiger partial charge on any atom is -0.358 e. The maximum absolute atomic E-state index is 11.8. The van der Waals surface area contributed by atoms with Crippen molar-refractivity contribution < 1.29 is 28.7 Å². The largest absolute Gasteiger partial charge is 0.362 e. The molecule has 14 heteroatoms. The van der Waals surface area contributed by atoms with Crippen molar-refractivity contribution in [3.63, 3.8) is 0 Å². The zero-order valence-corrected chi connectivity index (χ0v) is 16.6. The van der Waals surface area contributed by atoms with Gasteiger partial charge in [-0.1, -0.05) is 11.8 Å². The quantitative estimate of drug-likeness (QED) is 0.372. The smallest absolute Gasteiger partial charge is 0.358 e. The summed E-state index contributed by atoms with van der Waals surface area (Å²) in [5.74, 6) is 0.157. The Morgan fingerprint density at radius 3 is 2.75 bits per heavy atom. The van der Waals surface area contributed by atoms with E-state index in [1.54, 1.807) is 11.1 Å². The molecule has 0 bridgehead atoms. The molecule has 0 amide bonds. The van der Waals surface area contributed by atoms with Gasteiger partial charge in [0.05, 0.1) is 22.7 Å². The first-order valence-electron chi connectivity index (χ1n) is 7.84. The average molecular weight is 443 g/mol. The number of aromatic amines is 1. The molecule has 2 aromatic rings. The molecule has 0 saturated carbocycles. The van der Waals surface area contributed by atoms with Gasteiger partial charge in [0, 0.05) is 16.6 Å². The lowest BCUT2D eigenvalue weighted by atomic mass is 10.1. The molecule has 11 nitrogen and oxygen atoms in total. The zero-order valence-electron chi connectivity index (χ0n) is 14.0. The monoisotopic (exact) mass is 443 g/mol. The van der Waals surface area contributed by atoms with Crippen LogP contribution in [0.3, 0.4) is 0 Å². The zero-order chi connectivity index (χ0) is 20.1. The summed E-state index contributed by atoms with van der Waals surface area (Å²) in [5.41, 5.74) is 1.99. The fourth-order valence-electron chi connectivity index (χ4n) is 2.83. The summed E-state index contributed by atoms with van der Waals surface area (Å²) in [5, 5.41) is 9.69. The molecule has 1 aromatic heterocycles. The first-order valence-corrected chi connectivity index (χ1v) is 12.1. The van der Waals surface area contributed by atoms with Crippen LogP contribution in [-0.4, -0.2) is 47.8 Å². The topological polar surface area (TPSA) is 171 Å². The molecular formula is C14H15N5O6P2S. The van der Waals surface area contributed by atoms with E-state index in [2.05, 4.69) is 20.5 Å². The van der Waals surface area contributed by atoms with E-state index in [0.29, 0.717) is 5.57 Å². The van der Waals surface area contributed by atoms with Crippen molar-refractivity contribution in [2.45, 2.75) is 5.37 Å². The lowest BCUT2D eigenvalue weighted by molar-refractivity contribution is 0.369.